The summed E-state index contributed by atoms with van der Waals surface area (Å²) in [7, 11) is 0. The quantitative estimate of drug-likeness (QED) is 0.773. The van der Waals surface area contributed by atoms with Crippen molar-refractivity contribution in [1.82, 2.24) is 0 Å². The zero-order valence-electron chi connectivity index (χ0n) is 12.6. The number of carboxylic acids is 1. The summed E-state index contributed by atoms with van der Waals surface area (Å²) in [5, 5.41) is 18.6. The molecule has 0 aromatic heterocycles. The molecule has 2 aromatic carbocycles. The van der Waals surface area contributed by atoms with Crippen LogP contribution >= 0.6 is 0 Å². The van der Waals surface area contributed by atoms with E-state index in [4.69, 9.17) is 5.11 Å². The standard InChI is InChI=1S/C16H10F6O4/c17-15(18,19)11-3-1-2-10(12(11)13(23)14(24)25)8-4-6-9(7-5-8)26-16(20,21)22/h1-7,13,23H,(H,24,25). The Labute approximate surface area is 142 Å². The van der Waals surface area contributed by atoms with E-state index in [0.717, 1.165) is 36.4 Å². The third-order valence-corrected chi connectivity index (χ3v) is 3.32. The molecule has 0 heterocycles. The Morgan fingerprint density at radius 3 is 2.00 bits per heavy atom. The molecule has 2 N–H and O–H groups in total. The van der Waals surface area contributed by atoms with Crippen LogP contribution < -0.4 is 4.74 Å². The Hall–Kier alpha value is -2.75. The molecular weight excluding hydrogens is 370 g/mol. The van der Waals surface area contributed by atoms with E-state index in [2.05, 4.69) is 4.74 Å². The molecule has 0 aliphatic carbocycles. The van der Waals surface area contributed by atoms with Crippen LogP contribution in [0.4, 0.5) is 26.3 Å². The van der Waals surface area contributed by atoms with Gasteiger partial charge in [0.1, 0.15) is 5.75 Å². The van der Waals surface area contributed by atoms with Gasteiger partial charge >= 0.3 is 18.5 Å². The van der Waals surface area contributed by atoms with E-state index in [-0.39, 0.29) is 11.1 Å². The number of hydrogen-bond donors (Lipinski definition) is 2. The number of carboxylic acid groups (broad SMARTS) is 1. The van der Waals surface area contributed by atoms with Crippen LogP contribution in [0.25, 0.3) is 11.1 Å². The van der Waals surface area contributed by atoms with Gasteiger partial charge in [0.2, 0.25) is 0 Å². The molecular formula is C16H10F6O4. The number of halogens is 6. The number of alkyl halides is 6. The second-order valence-corrected chi connectivity index (χ2v) is 5.08. The van der Waals surface area contributed by atoms with Crippen LogP contribution in [0, 0.1) is 0 Å². The Morgan fingerprint density at radius 1 is 0.962 bits per heavy atom. The van der Waals surface area contributed by atoms with E-state index in [9.17, 15) is 36.2 Å². The minimum atomic E-state index is -4.94. The van der Waals surface area contributed by atoms with Crippen LogP contribution in [0.5, 0.6) is 5.75 Å². The lowest BCUT2D eigenvalue weighted by molar-refractivity contribution is -0.274. The van der Waals surface area contributed by atoms with E-state index < -0.39 is 41.5 Å². The SMILES string of the molecule is O=C(O)C(O)c1c(-c2ccc(OC(F)(F)F)cc2)cccc1C(F)(F)F. The Bertz CT molecular complexity index is 796. The normalized spacial score (nSPS) is 13.3. The Balaban J connectivity index is 2.57. The zero-order valence-corrected chi connectivity index (χ0v) is 12.6. The molecule has 2 aromatic rings. The smallest absolute Gasteiger partial charge is 0.479 e. The zero-order chi connectivity index (χ0) is 19.7. The first-order valence-corrected chi connectivity index (χ1v) is 6.87. The highest BCUT2D eigenvalue weighted by molar-refractivity contribution is 5.81. The number of benzene rings is 2. The van der Waals surface area contributed by atoms with Gasteiger partial charge in [0.25, 0.3) is 0 Å². The molecule has 0 saturated carbocycles. The van der Waals surface area contributed by atoms with Crippen LogP contribution in [0.1, 0.15) is 17.2 Å². The number of hydrogen-bond acceptors (Lipinski definition) is 3. The van der Waals surface area contributed by atoms with E-state index >= 15 is 0 Å². The number of aliphatic hydroxyl groups is 1. The average Bonchev–Trinajstić information content (AvgIpc) is 2.51. The third-order valence-electron chi connectivity index (χ3n) is 3.32. The molecule has 0 aliphatic heterocycles. The lowest BCUT2D eigenvalue weighted by Gasteiger charge is -2.19. The molecule has 0 spiro atoms. The molecule has 2 rings (SSSR count). The number of ether oxygens (including phenoxy) is 1. The van der Waals surface area contributed by atoms with Crippen LogP contribution in [-0.2, 0) is 11.0 Å². The Kier molecular flexibility index (Phi) is 5.17. The maximum Gasteiger partial charge on any atom is 0.573 e. The summed E-state index contributed by atoms with van der Waals surface area (Å²) in [5.74, 6) is -2.51. The van der Waals surface area contributed by atoms with Crippen molar-refractivity contribution in [3.05, 3.63) is 53.6 Å². The van der Waals surface area contributed by atoms with Gasteiger partial charge in [-0.1, -0.05) is 24.3 Å². The van der Waals surface area contributed by atoms with Crippen LogP contribution in [0.2, 0.25) is 0 Å². The second-order valence-electron chi connectivity index (χ2n) is 5.08. The predicted octanol–water partition coefficient (Wildman–Crippen LogP) is 4.39. The maximum absolute atomic E-state index is 13.2. The van der Waals surface area contributed by atoms with Gasteiger partial charge in [0.15, 0.2) is 6.10 Å². The summed E-state index contributed by atoms with van der Waals surface area (Å²) < 4.78 is 79.7. The minimum absolute atomic E-state index is 0.0269. The van der Waals surface area contributed by atoms with Crippen LogP contribution in [0.3, 0.4) is 0 Å². The molecule has 0 aliphatic rings. The van der Waals surface area contributed by atoms with Crippen molar-refractivity contribution < 1.29 is 46.1 Å². The van der Waals surface area contributed by atoms with Gasteiger partial charge in [-0.15, -0.1) is 13.2 Å². The molecule has 1 atom stereocenters. The van der Waals surface area contributed by atoms with Crippen LogP contribution in [-0.4, -0.2) is 22.5 Å². The number of carbonyl (C=O) groups is 1. The van der Waals surface area contributed by atoms with Crippen LogP contribution in [0.15, 0.2) is 42.5 Å². The highest BCUT2D eigenvalue weighted by atomic mass is 19.4. The summed E-state index contributed by atoms with van der Waals surface area (Å²) in [5.41, 5.74) is -2.58. The maximum atomic E-state index is 13.2. The topological polar surface area (TPSA) is 66.8 Å². The van der Waals surface area contributed by atoms with Crippen molar-refractivity contribution in [2.24, 2.45) is 0 Å². The molecule has 1 unspecified atom stereocenters. The molecule has 4 nitrogen and oxygen atoms in total. The predicted molar refractivity (Wildman–Crippen MR) is 76.2 cm³/mol. The minimum Gasteiger partial charge on any atom is -0.479 e. The fourth-order valence-electron chi connectivity index (χ4n) is 2.32. The lowest BCUT2D eigenvalue weighted by atomic mass is 9.91. The first-order chi connectivity index (χ1) is 11.9. The van der Waals surface area contributed by atoms with E-state index in [1.807, 2.05) is 0 Å². The summed E-state index contributed by atoms with van der Waals surface area (Å²) in [6.45, 7) is 0. The van der Waals surface area contributed by atoms with Gasteiger partial charge in [-0.05, 0) is 29.3 Å². The fourth-order valence-corrected chi connectivity index (χ4v) is 2.32. The van der Waals surface area contributed by atoms with E-state index in [1.54, 1.807) is 0 Å². The van der Waals surface area contributed by atoms with Gasteiger partial charge in [-0.25, -0.2) is 4.79 Å². The molecule has 0 amide bonds. The molecule has 0 bridgehead atoms. The van der Waals surface area contributed by atoms with Crippen molar-refractivity contribution in [2.75, 3.05) is 0 Å². The van der Waals surface area contributed by atoms with E-state index in [1.165, 1.54) is 0 Å². The summed E-state index contributed by atoms with van der Waals surface area (Å²) in [4.78, 5) is 11.0. The van der Waals surface area contributed by atoms with Crippen molar-refractivity contribution in [3.63, 3.8) is 0 Å². The number of rotatable bonds is 4. The third kappa shape index (κ3) is 4.45. The first kappa shape index (κ1) is 19.6. The van der Waals surface area contributed by atoms with Crippen molar-refractivity contribution in [2.45, 2.75) is 18.6 Å². The van der Waals surface area contributed by atoms with Gasteiger partial charge < -0.3 is 14.9 Å². The monoisotopic (exact) mass is 380 g/mol. The molecule has 10 heteroatoms. The molecule has 26 heavy (non-hydrogen) atoms. The van der Waals surface area contributed by atoms with E-state index in [0.29, 0.717) is 6.07 Å². The van der Waals surface area contributed by atoms with Gasteiger partial charge in [0.05, 0.1) is 5.56 Å². The van der Waals surface area contributed by atoms with Gasteiger partial charge in [-0.2, -0.15) is 13.2 Å². The average molecular weight is 380 g/mol. The number of aliphatic hydroxyl groups excluding tert-OH is 1. The molecule has 140 valence electrons. The van der Waals surface area contributed by atoms with Gasteiger partial charge in [-0.3, -0.25) is 0 Å². The van der Waals surface area contributed by atoms with Crippen molar-refractivity contribution in [1.29, 1.82) is 0 Å². The van der Waals surface area contributed by atoms with Gasteiger partial charge in [0, 0.05) is 5.56 Å². The first-order valence-electron chi connectivity index (χ1n) is 6.87. The number of aliphatic carboxylic acids is 1. The molecule has 0 fully saturated rings. The fraction of sp³-hybridized carbons (Fsp3) is 0.188. The highest BCUT2D eigenvalue weighted by Crippen LogP contribution is 2.40. The van der Waals surface area contributed by atoms with Crippen molar-refractivity contribution in [3.8, 4) is 16.9 Å². The lowest BCUT2D eigenvalue weighted by Crippen LogP contribution is -2.18. The van der Waals surface area contributed by atoms with Crippen molar-refractivity contribution >= 4 is 5.97 Å². The molecule has 0 radical (unpaired) electrons. The Morgan fingerprint density at radius 2 is 1.54 bits per heavy atom. The summed E-state index contributed by atoms with van der Waals surface area (Å²) in [6, 6.07) is 6.49. The molecule has 0 saturated heterocycles. The largest absolute Gasteiger partial charge is 0.573 e. The highest BCUT2D eigenvalue weighted by Gasteiger charge is 2.38. The summed E-state index contributed by atoms with van der Waals surface area (Å²) in [6.07, 6.45) is -12.4. The second kappa shape index (κ2) is 6.87. The summed E-state index contributed by atoms with van der Waals surface area (Å²) >= 11 is 0.